The largest absolute Gasteiger partial charge is 0.339 e. The van der Waals surface area contributed by atoms with Gasteiger partial charge in [0, 0.05) is 24.2 Å². The highest BCUT2D eigenvalue weighted by Gasteiger charge is 2.17. The molecule has 0 unspecified atom stereocenters. The maximum atomic E-state index is 12.4. The van der Waals surface area contributed by atoms with Gasteiger partial charge in [0.25, 0.3) is 5.91 Å². The van der Waals surface area contributed by atoms with Gasteiger partial charge >= 0.3 is 0 Å². The van der Waals surface area contributed by atoms with E-state index in [4.69, 9.17) is 0 Å². The Kier molecular flexibility index (Phi) is 3.77. The maximum absolute atomic E-state index is 12.4. The third-order valence-corrected chi connectivity index (χ3v) is 3.68. The Balaban J connectivity index is 1.77. The Morgan fingerprint density at radius 2 is 1.80 bits per heavy atom. The van der Waals surface area contributed by atoms with Crippen LogP contribution in [0.1, 0.15) is 29.6 Å². The zero-order chi connectivity index (χ0) is 13.8. The third kappa shape index (κ3) is 2.72. The standard InChI is InChI=1S/C17H17N2O/c20-17(19-12-4-1-5-13-19)15-9-7-14(8-10-15)16-6-2-3-11-18-16/h2-3,6-10H,1,4-5,12-13H2. The number of pyridine rings is 1. The first-order chi connectivity index (χ1) is 9.84. The summed E-state index contributed by atoms with van der Waals surface area (Å²) in [5.41, 5.74) is 2.65. The Labute approximate surface area is 119 Å². The van der Waals surface area contributed by atoms with Gasteiger partial charge in [-0.05, 0) is 43.5 Å². The van der Waals surface area contributed by atoms with Crippen LogP contribution in [0.2, 0.25) is 0 Å². The van der Waals surface area contributed by atoms with Crippen LogP contribution in [0.5, 0.6) is 0 Å². The summed E-state index contributed by atoms with van der Waals surface area (Å²) in [4.78, 5) is 18.5. The number of benzene rings is 1. The summed E-state index contributed by atoms with van der Waals surface area (Å²) in [6.45, 7) is 1.77. The van der Waals surface area contributed by atoms with Gasteiger partial charge in [-0.1, -0.05) is 18.2 Å². The van der Waals surface area contributed by atoms with Crippen molar-refractivity contribution in [1.82, 2.24) is 9.88 Å². The highest BCUT2D eigenvalue weighted by molar-refractivity contribution is 5.94. The first-order valence-electron chi connectivity index (χ1n) is 7.07. The van der Waals surface area contributed by atoms with E-state index in [-0.39, 0.29) is 5.91 Å². The molecule has 1 radical (unpaired) electrons. The topological polar surface area (TPSA) is 33.2 Å². The number of hydrogen-bond acceptors (Lipinski definition) is 2. The molecule has 3 heteroatoms. The fourth-order valence-electron chi connectivity index (χ4n) is 2.55. The van der Waals surface area contributed by atoms with Crippen LogP contribution in [0.3, 0.4) is 0 Å². The predicted octanol–water partition coefficient (Wildman–Crippen LogP) is 3.17. The van der Waals surface area contributed by atoms with Crippen molar-refractivity contribution in [2.75, 3.05) is 13.1 Å². The van der Waals surface area contributed by atoms with E-state index in [1.54, 1.807) is 6.07 Å². The molecule has 1 aliphatic heterocycles. The molecule has 1 amide bonds. The van der Waals surface area contributed by atoms with E-state index in [0.29, 0.717) is 0 Å². The van der Waals surface area contributed by atoms with Crippen molar-refractivity contribution in [3.8, 4) is 11.3 Å². The number of nitrogens with zero attached hydrogens (tertiary/aromatic N) is 2. The van der Waals surface area contributed by atoms with Gasteiger partial charge < -0.3 is 4.90 Å². The summed E-state index contributed by atoms with van der Waals surface area (Å²) in [7, 11) is 0. The highest BCUT2D eigenvalue weighted by Crippen LogP contribution is 2.18. The molecule has 101 valence electrons. The molecule has 0 bridgehead atoms. The van der Waals surface area contributed by atoms with Gasteiger partial charge in [0.1, 0.15) is 0 Å². The molecule has 3 rings (SSSR count). The minimum atomic E-state index is 0.142. The van der Waals surface area contributed by atoms with Crippen LogP contribution in [0.15, 0.2) is 42.5 Å². The molecule has 2 heterocycles. The van der Waals surface area contributed by atoms with E-state index in [2.05, 4.69) is 11.2 Å². The summed E-state index contributed by atoms with van der Waals surface area (Å²) in [5, 5.41) is 0. The second kappa shape index (κ2) is 5.87. The first kappa shape index (κ1) is 12.9. The second-order valence-electron chi connectivity index (χ2n) is 5.08. The lowest BCUT2D eigenvalue weighted by molar-refractivity contribution is 0.0724. The molecule has 1 aliphatic rings. The quantitative estimate of drug-likeness (QED) is 0.835. The summed E-state index contributed by atoms with van der Waals surface area (Å²) >= 11 is 0. The van der Waals surface area contributed by atoms with Gasteiger partial charge in [-0.2, -0.15) is 0 Å². The number of hydrogen-bond donors (Lipinski definition) is 0. The number of rotatable bonds is 2. The van der Waals surface area contributed by atoms with Gasteiger partial charge in [0.05, 0.1) is 11.9 Å². The lowest BCUT2D eigenvalue weighted by atomic mass is 10.1. The van der Waals surface area contributed by atoms with Gasteiger partial charge in [-0.15, -0.1) is 0 Å². The van der Waals surface area contributed by atoms with Crippen molar-refractivity contribution in [2.45, 2.75) is 19.3 Å². The molecule has 1 fully saturated rings. The van der Waals surface area contributed by atoms with E-state index in [9.17, 15) is 4.79 Å². The van der Waals surface area contributed by atoms with Crippen LogP contribution >= 0.6 is 0 Å². The Hall–Kier alpha value is -2.16. The third-order valence-electron chi connectivity index (χ3n) is 3.68. The average molecular weight is 265 g/mol. The molecular weight excluding hydrogens is 248 g/mol. The molecule has 20 heavy (non-hydrogen) atoms. The molecule has 0 atom stereocenters. The number of carbonyl (C=O) groups excluding carboxylic acids is 1. The van der Waals surface area contributed by atoms with Crippen LogP contribution in [-0.4, -0.2) is 28.9 Å². The normalized spacial score (nSPS) is 15.1. The van der Waals surface area contributed by atoms with E-state index in [1.165, 1.54) is 6.42 Å². The molecule has 1 aromatic heterocycles. The highest BCUT2D eigenvalue weighted by atomic mass is 16.2. The van der Waals surface area contributed by atoms with Crippen molar-refractivity contribution in [3.63, 3.8) is 0 Å². The molecule has 0 saturated carbocycles. The van der Waals surface area contributed by atoms with E-state index >= 15 is 0 Å². The smallest absolute Gasteiger partial charge is 0.253 e. The molecule has 0 aliphatic carbocycles. The van der Waals surface area contributed by atoms with Crippen molar-refractivity contribution in [2.24, 2.45) is 0 Å². The van der Waals surface area contributed by atoms with Crippen LogP contribution in [-0.2, 0) is 0 Å². The Morgan fingerprint density at radius 3 is 2.45 bits per heavy atom. The molecule has 2 aromatic rings. The maximum Gasteiger partial charge on any atom is 0.253 e. The zero-order valence-electron chi connectivity index (χ0n) is 11.4. The van der Waals surface area contributed by atoms with Crippen LogP contribution in [0.4, 0.5) is 0 Å². The molecule has 0 N–H and O–H groups in total. The Bertz CT molecular complexity index is 572. The number of carbonyl (C=O) groups is 1. The van der Waals surface area contributed by atoms with Gasteiger partial charge in [-0.25, -0.2) is 4.98 Å². The minimum absolute atomic E-state index is 0.142. The minimum Gasteiger partial charge on any atom is -0.339 e. The number of piperidine rings is 1. The molecule has 3 nitrogen and oxygen atoms in total. The zero-order valence-corrected chi connectivity index (χ0v) is 11.4. The second-order valence-corrected chi connectivity index (χ2v) is 5.08. The Morgan fingerprint density at radius 1 is 1.05 bits per heavy atom. The molecular formula is C17H17N2O. The van der Waals surface area contributed by atoms with Crippen molar-refractivity contribution >= 4 is 5.91 Å². The lowest BCUT2D eigenvalue weighted by Gasteiger charge is -2.26. The van der Waals surface area contributed by atoms with E-state index in [1.807, 2.05) is 41.3 Å². The molecule has 1 aromatic carbocycles. The first-order valence-corrected chi connectivity index (χ1v) is 7.07. The van der Waals surface area contributed by atoms with Crippen LogP contribution in [0.25, 0.3) is 11.3 Å². The fourth-order valence-corrected chi connectivity index (χ4v) is 2.55. The number of amides is 1. The number of likely N-dealkylation sites (tertiary alicyclic amines) is 1. The lowest BCUT2D eigenvalue weighted by Crippen LogP contribution is -2.35. The van der Waals surface area contributed by atoms with Crippen LogP contribution in [0, 0.1) is 6.20 Å². The van der Waals surface area contributed by atoms with Gasteiger partial charge in [-0.3, -0.25) is 4.79 Å². The SMILES string of the molecule is O=C(c1ccc(-c2ccc[c]n2)cc1)N1CCCCC1. The molecule has 1 saturated heterocycles. The summed E-state index contributed by atoms with van der Waals surface area (Å²) < 4.78 is 0. The molecule has 0 spiro atoms. The van der Waals surface area contributed by atoms with E-state index in [0.717, 1.165) is 42.8 Å². The van der Waals surface area contributed by atoms with Crippen molar-refractivity contribution in [3.05, 3.63) is 54.2 Å². The van der Waals surface area contributed by atoms with Crippen molar-refractivity contribution in [1.29, 1.82) is 0 Å². The van der Waals surface area contributed by atoms with Crippen molar-refractivity contribution < 1.29 is 4.79 Å². The van der Waals surface area contributed by atoms with Gasteiger partial charge in [0.15, 0.2) is 0 Å². The monoisotopic (exact) mass is 265 g/mol. The average Bonchev–Trinajstić information content (AvgIpc) is 2.56. The summed E-state index contributed by atoms with van der Waals surface area (Å²) in [6.07, 6.45) is 6.30. The summed E-state index contributed by atoms with van der Waals surface area (Å²) in [6, 6.07) is 13.3. The van der Waals surface area contributed by atoms with E-state index < -0.39 is 0 Å². The fraction of sp³-hybridized carbons (Fsp3) is 0.294. The van der Waals surface area contributed by atoms with Crippen LogP contribution < -0.4 is 0 Å². The summed E-state index contributed by atoms with van der Waals surface area (Å²) in [5.74, 6) is 0.142. The number of aromatic nitrogens is 1. The predicted molar refractivity (Wildman–Crippen MR) is 78.3 cm³/mol. The van der Waals surface area contributed by atoms with Gasteiger partial charge in [0.2, 0.25) is 0 Å².